The number of benzene rings is 1. The average molecular weight is 193 g/mol. The molecule has 0 saturated heterocycles. The average Bonchev–Trinajstić information content (AvgIpc) is 2.17. The molecule has 1 aromatic carbocycles. The van der Waals surface area contributed by atoms with Crippen molar-refractivity contribution in [3.63, 3.8) is 0 Å². The molecule has 0 radical (unpaired) electrons. The van der Waals surface area contributed by atoms with Crippen LogP contribution in [0.5, 0.6) is 0 Å². The summed E-state index contributed by atoms with van der Waals surface area (Å²) in [5.41, 5.74) is 1.95. The van der Waals surface area contributed by atoms with E-state index in [1.807, 2.05) is 6.92 Å². The molecule has 1 unspecified atom stereocenters. The van der Waals surface area contributed by atoms with Crippen molar-refractivity contribution in [2.75, 3.05) is 6.54 Å². The summed E-state index contributed by atoms with van der Waals surface area (Å²) in [4.78, 5) is 0. The molecular weight excluding hydrogens is 177 g/mol. The summed E-state index contributed by atoms with van der Waals surface area (Å²) >= 11 is 0. The molecule has 1 rings (SSSR count). The van der Waals surface area contributed by atoms with Gasteiger partial charge in [0.25, 0.3) is 0 Å². The van der Waals surface area contributed by atoms with Crippen LogP contribution in [0.15, 0.2) is 24.8 Å². The van der Waals surface area contributed by atoms with Gasteiger partial charge >= 0.3 is 0 Å². The van der Waals surface area contributed by atoms with Crippen molar-refractivity contribution >= 4 is 6.08 Å². The largest absolute Gasteiger partial charge is 0.310 e. The van der Waals surface area contributed by atoms with Gasteiger partial charge in [0.1, 0.15) is 5.82 Å². The molecule has 1 N–H and O–H groups in total. The Bertz CT molecular complexity index is 320. The minimum atomic E-state index is -0.215. The van der Waals surface area contributed by atoms with Gasteiger partial charge in [-0.3, -0.25) is 0 Å². The lowest BCUT2D eigenvalue weighted by Gasteiger charge is -2.15. The minimum Gasteiger partial charge on any atom is -0.310 e. The molecule has 0 aromatic heterocycles. The van der Waals surface area contributed by atoms with Crippen LogP contribution in [0.3, 0.4) is 0 Å². The quantitative estimate of drug-likeness (QED) is 0.774. The Morgan fingerprint density at radius 2 is 2.29 bits per heavy atom. The first-order valence-corrected chi connectivity index (χ1v) is 4.84. The zero-order chi connectivity index (χ0) is 10.6. The Morgan fingerprint density at radius 1 is 1.57 bits per heavy atom. The highest BCUT2D eigenvalue weighted by Gasteiger charge is 2.07. The maximum absolute atomic E-state index is 12.9. The van der Waals surface area contributed by atoms with E-state index in [9.17, 15) is 4.39 Å². The lowest BCUT2D eigenvalue weighted by Crippen LogP contribution is -2.18. The van der Waals surface area contributed by atoms with Gasteiger partial charge in [-0.25, -0.2) is 4.39 Å². The van der Waals surface area contributed by atoms with Gasteiger partial charge in [-0.1, -0.05) is 25.6 Å². The molecule has 14 heavy (non-hydrogen) atoms. The van der Waals surface area contributed by atoms with Gasteiger partial charge in [0.2, 0.25) is 0 Å². The number of rotatable bonds is 4. The summed E-state index contributed by atoms with van der Waals surface area (Å²) in [6.45, 7) is 8.69. The molecule has 0 aliphatic carbocycles. The summed E-state index contributed by atoms with van der Waals surface area (Å²) in [5.74, 6) is -0.215. The van der Waals surface area contributed by atoms with Crippen LogP contribution in [-0.4, -0.2) is 6.54 Å². The Labute approximate surface area is 84.6 Å². The fourth-order valence-electron chi connectivity index (χ4n) is 1.53. The second-order valence-corrected chi connectivity index (χ2v) is 3.26. The minimum absolute atomic E-state index is 0.215. The van der Waals surface area contributed by atoms with Crippen molar-refractivity contribution in [1.29, 1.82) is 0 Å². The highest BCUT2D eigenvalue weighted by atomic mass is 19.1. The standard InChI is InChI=1S/C12H16FN/c1-4-10-8-11(13)6-7-12(10)9(3)14-5-2/h4,6-9,14H,1,5H2,2-3H3. The summed E-state index contributed by atoms with van der Waals surface area (Å²) in [6, 6.07) is 5.03. The van der Waals surface area contributed by atoms with Gasteiger partial charge in [-0.15, -0.1) is 0 Å². The lowest BCUT2D eigenvalue weighted by molar-refractivity contribution is 0.590. The number of halogens is 1. The van der Waals surface area contributed by atoms with Crippen molar-refractivity contribution in [3.8, 4) is 0 Å². The van der Waals surface area contributed by atoms with Crippen molar-refractivity contribution in [2.24, 2.45) is 0 Å². The van der Waals surface area contributed by atoms with Crippen LogP contribution in [0, 0.1) is 5.82 Å². The van der Waals surface area contributed by atoms with E-state index in [1.165, 1.54) is 12.1 Å². The van der Waals surface area contributed by atoms with Crippen molar-refractivity contribution in [1.82, 2.24) is 5.32 Å². The predicted molar refractivity (Wildman–Crippen MR) is 58.6 cm³/mol. The molecule has 1 atom stereocenters. The first-order chi connectivity index (χ1) is 6.69. The normalized spacial score (nSPS) is 12.5. The summed E-state index contributed by atoms with van der Waals surface area (Å²) in [6.07, 6.45) is 1.69. The predicted octanol–water partition coefficient (Wildman–Crippen LogP) is 3.14. The molecule has 0 saturated carbocycles. The Balaban J connectivity index is 3.01. The van der Waals surface area contributed by atoms with E-state index in [1.54, 1.807) is 12.1 Å². The van der Waals surface area contributed by atoms with E-state index in [-0.39, 0.29) is 11.9 Å². The molecule has 0 heterocycles. The van der Waals surface area contributed by atoms with E-state index in [0.717, 1.165) is 17.7 Å². The first-order valence-electron chi connectivity index (χ1n) is 4.84. The van der Waals surface area contributed by atoms with Crippen LogP contribution in [0.25, 0.3) is 6.08 Å². The maximum Gasteiger partial charge on any atom is 0.123 e. The van der Waals surface area contributed by atoms with Crippen LogP contribution >= 0.6 is 0 Å². The van der Waals surface area contributed by atoms with Gasteiger partial charge in [-0.05, 0) is 36.7 Å². The molecule has 0 amide bonds. The third-order valence-corrected chi connectivity index (χ3v) is 2.25. The second-order valence-electron chi connectivity index (χ2n) is 3.26. The second kappa shape index (κ2) is 4.91. The Hall–Kier alpha value is -1.15. The topological polar surface area (TPSA) is 12.0 Å². The third kappa shape index (κ3) is 2.42. The third-order valence-electron chi connectivity index (χ3n) is 2.25. The Morgan fingerprint density at radius 3 is 2.86 bits per heavy atom. The fourth-order valence-corrected chi connectivity index (χ4v) is 1.53. The van der Waals surface area contributed by atoms with E-state index >= 15 is 0 Å². The van der Waals surface area contributed by atoms with E-state index in [4.69, 9.17) is 0 Å². The molecule has 1 nitrogen and oxygen atoms in total. The van der Waals surface area contributed by atoms with Gasteiger partial charge in [0.05, 0.1) is 0 Å². The number of hydrogen-bond acceptors (Lipinski definition) is 1. The van der Waals surface area contributed by atoms with Crippen molar-refractivity contribution < 1.29 is 4.39 Å². The van der Waals surface area contributed by atoms with Crippen LogP contribution in [0.1, 0.15) is 31.0 Å². The zero-order valence-electron chi connectivity index (χ0n) is 8.68. The van der Waals surface area contributed by atoms with Crippen LogP contribution in [0.4, 0.5) is 4.39 Å². The summed E-state index contributed by atoms with van der Waals surface area (Å²) < 4.78 is 12.9. The van der Waals surface area contributed by atoms with Gasteiger partial charge < -0.3 is 5.32 Å². The van der Waals surface area contributed by atoms with Crippen LogP contribution < -0.4 is 5.32 Å². The van der Waals surface area contributed by atoms with Gasteiger partial charge in [0.15, 0.2) is 0 Å². The SMILES string of the molecule is C=Cc1cc(F)ccc1C(C)NCC. The fraction of sp³-hybridized carbons (Fsp3) is 0.333. The Kier molecular flexibility index (Phi) is 3.84. The monoisotopic (exact) mass is 193 g/mol. The molecule has 76 valence electrons. The first kappa shape index (κ1) is 10.9. The van der Waals surface area contributed by atoms with Crippen molar-refractivity contribution in [2.45, 2.75) is 19.9 Å². The molecule has 0 spiro atoms. The zero-order valence-corrected chi connectivity index (χ0v) is 8.68. The molecule has 1 aromatic rings. The van der Waals surface area contributed by atoms with Crippen LogP contribution in [0.2, 0.25) is 0 Å². The van der Waals surface area contributed by atoms with E-state index in [0.29, 0.717) is 0 Å². The summed E-state index contributed by atoms with van der Waals surface area (Å²) in [5, 5.41) is 3.29. The lowest BCUT2D eigenvalue weighted by atomic mass is 10.0. The maximum atomic E-state index is 12.9. The highest BCUT2D eigenvalue weighted by Crippen LogP contribution is 2.19. The van der Waals surface area contributed by atoms with E-state index < -0.39 is 0 Å². The van der Waals surface area contributed by atoms with Crippen LogP contribution in [-0.2, 0) is 0 Å². The molecule has 0 aliphatic rings. The van der Waals surface area contributed by atoms with Crippen molar-refractivity contribution in [3.05, 3.63) is 41.7 Å². The molecule has 2 heteroatoms. The van der Waals surface area contributed by atoms with Gasteiger partial charge in [-0.2, -0.15) is 0 Å². The van der Waals surface area contributed by atoms with Gasteiger partial charge in [0, 0.05) is 6.04 Å². The smallest absolute Gasteiger partial charge is 0.123 e. The molecule has 0 bridgehead atoms. The molecular formula is C12H16FN. The highest BCUT2D eigenvalue weighted by molar-refractivity contribution is 5.52. The number of hydrogen-bond donors (Lipinski definition) is 1. The van der Waals surface area contributed by atoms with E-state index in [2.05, 4.69) is 18.8 Å². The summed E-state index contributed by atoms with van der Waals surface area (Å²) in [7, 11) is 0. The molecule has 0 fully saturated rings. The number of nitrogens with one attached hydrogen (secondary N) is 1. The molecule has 0 aliphatic heterocycles.